The highest BCUT2D eigenvalue weighted by Crippen LogP contribution is 2.16. The lowest BCUT2D eigenvalue weighted by molar-refractivity contribution is 0.102. The maximum Gasteiger partial charge on any atom is 0.257 e. The van der Waals surface area contributed by atoms with E-state index >= 15 is 0 Å². The maximum atomic E-state index is 12.5. The van der Waals surface area contributed by atoms with E-state index in [1.807, 2.05) is 47.1 Å². The summed E-state index contributed by atoms with van der Waals surface area (Å²) in [5.41, 5.74) is 3.92. The van der Waals surface area contributed by atoms with E-state index in [1.165, 1.54) is 0 Å². The van der Waals surface area contributed by atoms with Crippen LogP contribution >= 0.6 is 0 Å². The maximum absolute atomic E-state index is 12.5. The lowest BCUT2D eigenvalue weighted by Gasteiger charge is -2.06. The SMILES string of the molecule is N#CCc1ccc(NC(=O)c2cnc3c(cnn3Cc3ccccc3)c2)cc1. The minimum absolute atomic E-state index is 0.238. The summed E-state index contributed by atoms with van der Waals surface area (Å²) in [6.07, 6.45) is 3.63. The summed E-state index contributed by atoms with van der Waals surface area (Å²) in [5.74, 6) is -0.238. The Labute approximate surface area is 162 Å². The van der Waals surface area contributed by atoms with Crippen LogP contribution in [-0.2, 0) is 13.0 Å². The van der Waals surface area contributed by atoms with E-state index in [-0.39, 0.29) is 5.91 Å². The molecule has 0 unspecified atom stereocenters. The van der Waals surface area contributed by atoms with Crippen LogP contribution in [0.15, 0.2) is 73.1 Å². The molecule has 0 saturated carbocycles. The summed E-state index contributed by atoms with van der Waals surface area (Å²) in [6.45, 7) is 0.623. The van der Waals surface area contributed by atoms with Crippen molar-refractivity contribution in [2.45, 2.75) is 13.0 Å². The average Bonchev–Trinajstić information content (AvgIpc) is 3.12. The summed E-state index contributed by atoms with van der Waals surface area (Å²) >= 11 is 0. The first-order valence-corrected chi connectivity index (χ1v) is 8.85. The molecule has 0 fully saturated rings. The van der Waals surface area contributed by atoms with Gasteiger partial charge in [-0.2, -0.15) is 10.4 Å². The summed E-state index contributed by atoms with van der Waals surface area (Å²) in [4.78, 5) is 17.0. The van der Waals surface area contributed by atoms with E-state index < -0.39 is 0 Å². The molecule has 1 amide bonds. The highest BCUT2D eigenvalue weighted by molar-refractivity contribution is 6.05. The number of nitriles is 1. The number of benzene rings is 2. The first-order valence-electron chi connectivity index (χ1n) is 8.85. The van der Waals surface area contributed by atoms with Gasteiger partial charge in [0.15, 0.2) is 5.65 Å². The number of pyridine rings is 1. The third kappa shape index (κ3) is 3.74. The normalized spacial score (nSPS) is 10.5. The number of hydrogen-bond donors (Lipinski definition) is 1. The molecule has 2 aromatic heterocycles. The minimum Gasteiger partial charge on any atom is -0.322 e. The molecule has 28 heavy (non-hydrogen) atoms. The largest absolute Gasteiger partial charge is 0.322 e. The predicted octanol–water partition coefficient (Wildman–Crippen LogP) is 3.80. The Kier molecular flexibility index (Phi) is 4.81. The fraction of sp³-hybridized carbons (Fsp3) is 0.0909. The zero-order valence-corrected chi connectivity index (χ0v) is 15.0. The van der Waals surface area contributed by atoms with Crippen molar-refractivity contribution < 1.29 is 4.79 Å². The molecule has 6 nitrogen and oxygen atoms in total. The van der Waals surface area contributed by atoms with Crippen LogP contribution in [-0.4, -0.2) is 20.7 Å². The van der Waals surface area contributed by atoms with Crippen LogP contribution in [0.3, 0.4) is 0 Å². The van der Waals surface area contributed by atoms with Gasteiger partial charge in [0, 0.05) is 17.3 Å². The number of amides is 1. The molecule has 0 atom stereocenters. The molecule has 0 aliphatic heterocycles. The highest BCUT2D eigenvalue weighted by Gasteiger charge is 2.11. The van der Waals surface area contributed by atoms with Gasteiger partial charge in [-0.3, -0.25) is 4.79 Å². The number of aromatic nitrogens is 3. The van der Waals surface area contributed by atoms with Crippen molar-refractivity contribution in [1.29, 1.82) is 5.26 Å². The second-order valence-electron chi connectivity index (χ2n) is 6.41. The third-order valence-corrected chi connectivity index (χ3v) is 4.41. The number of carbonyl (C=O) groups is 1. The van der Waals surface area contributed by atoms with E-state index in [9.17, 15) is 4.79 Å². The predicted molar refractivity (Wildman–Crippen MR) is 107 cm³/mol. The second-order valence-corrected chi connectivity index (χ2v) is 6.41. The van der Waals surface area contributed by atoms with Crippen LogP contribution in [0.5, 0.6) is 0 Å². The lowest BCUT2D eigenvalue weighted by atomic mass is 10.1. The Morgan fingerprint density at radius 3 is 2.57 bits per heavy atom. The van der Waals surface area contributed by atoms with Gasteiger partial charge in [-0.05, 0) is 29.3 Å². The molecule has 0 radical (unpaired) electrons. The Bertz CT molecular complexity index is 1160. The number of anilines is 1. The van der Waals surface area contributed by atoms with Gasteiger partial charge in [-0.15, -0.1) is 0 Å². The molecule has 4 aromatic rings. The van der Waals surface area contributed by atoms with E-state index in [0.29, 0.717) is 24.2 Å². The summed E-state index contributed by atoms with van der Waals surface area (Å²) in [6, 6.07) is 21.2. The van der Waals surface area contributed by atoms with Crippen LogP contribution in [0.1, 0.15) is 21.5 Å². The van der Waals surface area contributed by atoms with Gasteiger partial charge < -0.3 is 5.32 Å². The van der Waals surface area contributed by atoms with Crippen LogP contribution in [0.4, 0.5) is 5.69 Å². The molecule has 2 aromatic carbocycles. The molecule has 136 valence electrons. The molecule has 0 spiro atoms. The molecular formula is C22H17N5O. The molecule has 1 N–H and O–H groups in total. The minimum atomic E-state index is -0.238. The Hall–Kier alpha value is -3.98. The summed E-state index contributed by atoms with van der Waals surface area (Å²) in [7, 11) is 0. The molecule has 4 rings (SSSR count). The quantitative estimate of drug-likeness (QED) is 0.581. The number of rotatable bonds is 5. The average molecular weight is 367 g/mol. The smallest absolute Gasteiger partial charge is 0.257 e. The van der Waals surface area contributed by atoms with Gasteiger partial charge in [0.25, 0.3) is 5.91 Å². The van der Waals surface area contributed by atoms with Gasteiger partial charge in [0.2, 0.25) is 0 Å². The fourth-order valence-corrected chi connectivity index (χ4v) is 2.97. The molecular weight excluding hydrogens is 350 g/mol. The Morgan fingerprint density at radius 2 is 1.82 bits per heavy atom. The van der Waals surface area contributed by atoms with Gasteiger partial charge in [0.1, 0.15) is 0 Å². The van der Waals surface area contributed by atoms with E-state index in [1.54, 1.807) is 30.6 Å². The number of carbonyl (C=O) groups excluding carboxylic acids is 1. The number of fused-ring (bicyclic) bond motifs is 1. The van der Waals surface area contributed by atoms with Crippen molar-refractivity contribution >= 4 is 22.6 Å². The Morgan fingerprint density at radius 1 is 1.04 bits per heavy atom. The first-order chi connectivity index (χ1) is 13.7. The van der Waals surface area contributed by atoms with Crippen molar-refractivity contribution in [3.63, 3.8) is 0 Å². The van der Waals surface area contributed by atoms with Crippen molar-refractivity contribution in [2.75, 3.05) is 5.32 Å². The summed E-state index contributed by atoms with van der Waals surface area (Å²) < 4.78 is 1.82. The van der Waals surface area contributed by atoms with E-state index in [4.69, 9.17) is 5.26 Å². The molecule has 0 saturated heterocycles. The zero-order valence-electron chi connectivity index (χ0n) is 15.0. The van der Waals surface area contributed by atoms with Gasteiger partial charge in [-0.25, -0.2) is 9.67 Å². The second kappa shape index (κ2) is 7.72. The topological polar surface area (TPSA) is 83.6 Å². The molecule has 0 bridgehead atoms. The van der Waals surface area contributed by atoms with Gasteiger partial charge in [0.05, 0.1) is 30.8 Å². The van der Waals surface area contributed by atoms with Crippen LogP contribution in [0.25, 0.3) is 11.0 Å². The van der Waals surface area contributed by atoms with Crippen molar-refractivity contribution in [3.05, 3.63) is 89.7 Å². The van der Waals surface area contributed by atoms with Crippen LogP contribution in [0, 0.1) is 11.3 Å². The zero-order chi connectivity index (χ0) is 19.3. The third-order valence-electron chi connectivity index (χ3n) is 4.41. The van der Waals surface area contributed by atoms with E-state index in [0.717, 1.165) is 22.2 Å². The molecule has 6 heteroatoms. The molecule has 0 aliphatic carbocycles. The van der Waals surface area contributed by atoms with Crippen molar-refractivity contribution in [2.24, 2.45) is 0 Å². The molecule has 0 aliphatic rings. The summed E-state index contributed by atoms with van der Waals surface area (Å²) in [5, 5.41) is 16.8. The van der Waals surface area contributed by atoms with Gasteiger partial charge >= 0.3 is 0 Å². The van der Waals surface area contributed by atoms with Crippen molar-refractivity contribution in [1.82, 2.24) is 14.8 Å². The number of nitrogens with one attached hydrogen (secondary N) is 1. The van der Waals surface area contributed by atoms with Crippen LogP contribution < -0.4 is 5.32 Å². The van der Waals surface area contributed by atoms with Crippen LogP contribution in [0.2, 0.25) is 0 Å². The lowest BCUT2D eigenvalue weighted by Crippen LogP contribution is -2.12. The standard InChI is InChI=1S/C22H17N5O/c23-11-10-16-6-8-20(9-7-16)26-22(28)19-12-18-14-25-27(21(18)24-13-19)15-17-4-2-1-3-5-17/h1-9,12-14H,10,15H2,(H,26,28). The molecule has 2 heterocycles. The number of hydrogen-bond acceptors (Lipinski definition) is 4. The highest BCUT2D eigenvalue weighted by atomic mass is 16.1. The van der Waals surface area contributed by atoms with Gasteiger partial charge in [-0.1, -0.05) is 42.5 Å². The van der Waals surface area contributed by atoms with E-state index in [2.05, 4.69) is 21.5 Å². The fourth-order valence-electron chi connectivity index (χ4n) is 2.97. The van der Waals surface area contributed by atoms with Crippen molar-refractivity contribution in [3.8, 4) is 6.07 Å². The first kappa shape index (κ1) is 17.4. The Balaban J connectivity index is 1.51. The number of nitrogens with zero attached hydrogens (tertiary/aromatic N) is 4. The monoisotopic (exact) mass is 367 g/mol.